The molecule has 4 nitrogen and oxygen atoms in total. The molecule has 0 fully saturated rings. The number of nitrogens with two attached hydrogens (primary N) is 1. The van der Waals surface area contributed by atoms with Crippen molar-refractivity contribution >= 4 is 28.8 Å². The van der Waals surface area contributed by atoms with Gasteiger partial charge in [0, 0.05) is 10.6 Å². The summed E-state index contributed by atoms with van der Waals surface area (Å²) in [6.07, 6.45) is 0. The normalized spacial score (nSPS) is 9.80. The van der Waals surface area contributed by atoms with Gasteiger partial charge in [0.2, 0.25) is 0 Å². The number of hydrogen-bond donors (Lipinski definition) is 1. The number of hydrogen-bond acceptors (Lipinski definition) is 6. The van der Waals surface area contributed by atoms with Gasteiger partial charge in [0.15, 0.2) is 4.34 Å². The summed E-state index contributed by atoms with van der Waals surface area (Å²) in [6.45, 7) is 0. The molecule has 0 spiro atoms. The molecule has 0 aliphatic carbocycles. The Morgan fingerprint density at radius 2 is 2.33 bits per heavy atom. The van der Waals surface area contributed by atoms with Crippen LogP contribution in [-0.2, 0) is 0 Å². The second-order valence-corrected chi connectivity index (χ2v) is 4.82. The summed E-state index contributed by atoms with van der Waals surface area (Å²) in [6, 6.07) is 7.38. The van der Waals surface area contributed by atoms with Crippen molar-refractivity contribution in [2.45, 2.75) is 9.24 Å². The highest BCUT2D eigenvalue weighted by Gasteiger charge is 2.04. The van der Waals surface area contributed by atoms with E-state index in [2.05, 4.69) is 10.2 Å². The lowest BCUT2D eigenvalue weighted by Gasteiger charge is -2.00. The second kappa shape index (κ2) is 4.29. The van der Waals surface area contributed by atoms with Crippen LogP contribution in [-0.4, -0.2) is 10.2 Å². The predicted octanol–water partition coefficient (Wildman–Crippen LogP) is 2.14. The Balaban J connectivity index is 2.27. The van der Waals surface area contributed by atoms with Gasteiger partial charge in [-0.05, 0) is 18.2 Å². The molecule has 0 saturated carbocycles. The Bertz CT molecular complexity index is 501. The third-order valence-electron chi connectivity index (χ3n) is 1.69. The molecule has 0 aliphatic heterocycles. The highest BCUT2D eigenvalue weighted by molar-refractivity contribution is 8.01. The van der Waals surface area contributed by atoms with Crippen LogP contribution < -0.4 is 5.73 Å². The zero-order chi connectivity index (χ0) is 10.7. The minimum Gasteiger partial charge on any atom is -0.398 e. The number of aromatic nitrogens is 2. The molecule has 0 atom stereocenters. The Labute approximate surface area is 94.8 Å². The Morgan fingerprint density at radius 1 is 1.47 bits per heavy atom. The maximum atomic E-state index is 8.80. The molecule has 0 bridgehead atoms. The topological polar surface area (TPSA) is 75.6 Å². The van der Waals surface area contributed by atoms with Crippen LogP contribution in [0.15, 0.2) is 32.9 Å². The number of anilines is 1. The smallest absolute Gasteiger partial charge is 0.178 e. The molecule has 0 saturated heterocycles. The lowest BCUT2D eigenvalue weighted by Crippen LogP contribution is -1.89. The summed E-state index contributed by atoms with van der Waals surface area (Å²) in [7, 11) is 0. The van der Waals surface area contributed by atoms with Crippen molar-refractivity contribution in [3.8, 4) is 6.07 Å². The molecule has 1 heterocycles. The van der Waals surface area contributed by atoms with Gasteiger partial charge in [0.05, 0.1) is 5.56 Å². The fraction of sp³-hybridized carbons (Fsp3) is 0. The first-order valence-electron chi connectivity index (χ1n) is 4.03. The lowest BCUT2D eigenvalue weighted by atomic mass is 10.2. The quantitative estimate of drug-likeness (QED) is 0.806. The van der Waals surface area contributed by atoms with Crippen molar-refractivity contribution in [3.63, 3.8) is 0 Å². The van der Waals surface area contributed by atoms with Gasteiger partial charge in [-0.25, -0.2) is 0 Å². The van der Waals surface area contributed by atoms with Crippen molar-refractivity contribution in [1.29, 1.82) is 5.26 Å². The van der Waals surface area contributed by atoms with E-state index in [9.17, 15) is 0 Å². The average Bonchev–Trinajstić information content (AvgIpc) is 2.73. The number of nitriles is 1. The first kappa shape index (κ1) is 9.96. The monoisotopic (exact) mass is 234 g/mol. The molecule has 0 radical (unpaired) electrons. The van der Waals surface area contributed by atoms with Gasteiger partial charge in [0.1, 0.15) is 11.6 Å². The first-order valence-corrected chi connectivity index (χ1v) is 5.73. The van der Waals surface area contributed by atoms with Crippen LogP contribution in [0, 0.1) is 11.3 Å². The predicted molar refractivity (Wildman–Crippen MR) is 59.6 cm³/mol. The molecule has 2 N–H and O–H groups in total. The number of benzene rings is 1. The van der Waals surface area contributed by atoms with Gasteiger partial charge in [-0.2, -0.15) is 5.26 Å². The van der Waals surface area contributed by atoms with Crippen LogP contribution in [0.1, 0.15) is 5.56 Å². The van der Waals surface area contributed by atoms with Crippen LogP contribution in [0.5, 0.6) is 0 Å². The van der Waals surface area contributed by atoms with E-state index < -0.39 is 0 Å². The average molecular weight is 234 g/mol. The minimum absolute atomic E-state index is 0.490. The van der Waals surface area contributed by atoms with Crippen LogP contribution in [0.2, 0.25) is 0 Å². The summed E-state index contributed by atoms with van der Waals surface area (Å²) < 4.78 is 0.851. The molecule has 1 aromatic heterocycles. The zero-order valence-electron chi connectivity index (χ0n) is 7.54. The van der Waals surface area contributed by atoms with E-state index in [1.807, 2.05) is 12.1 Å². The van der Waals surface area contributed by atoms with Crippen molar-refractivity contribution in [3.05, 3.63) is 29.3 Å². The standard InChI is InChI=1S/C9H6N4S2/c10-4-6-3-7(1-2-8(6)11)15-9-13-12-5-14-9/h1-3,5H,11H2. The van der Waals surface area contributed by atoms with Gasteiger partial charge in [-0.3, -0.25) is 0 Å². The molecule has 0 amide bonds. The van der Waals surface area contributed by atoms with Crippen LogP contribution in [0.3, 0.4) is 0 Å². The Kier molecular flexibility index (Phi) is 2.85. The van der Waals surface area contributed by atoms with Crippen LogP contribution >= 0.6 is 23.1 Å². The van der Waals surface area contributed by atoms with Crippen LogP contribution in [0.25, 0.3) is 0 Å². The van der Waals surface area contributed by atoms with Gasteiger partial charge in [-0.15, -0.1) is 10.2 Å². The third-order valence-corrected chi connectivity index (χ3v) is 3.46. The highest BCUT2D eigenvalue weighted by atomic mass is 32.2. The summed E-state index contributed by atoms with van der Waals surface area (Å²) >= 11 is 2.93. The van der Waals surface area contributed by atoms with Gasteiger partial charge >= 0.3 is 0 Å². The number of nitrogen functional groups attached to an aromatic ring is 1. The van der Waals surface area contributed by atoms with Crippen LogP contribution in [0.4, 0.5) is 5.69 Å². The molecule has 1 aromatic carbocycles. The summed E-state index contributed by atoms with van der Waals surface area (Å²) in [4.78, 5) is 0.942. The molecular formula is C9H6N4S2. The highest BCUT2D eigenvalue weighted by Crippen LogP contribution is 2.30. The molecule has 74 valence electrons. The zero-order valence-corrected chi connectivity index (χ0v) is 9.18. The summed E-state index contributed by atoms with van der Waals surface area (Å²) in [5, 5.41) is 16.4. The number of nitrogens with zero attached hydrogens (tertiary/aromatic N) is 3. The third kappa shape index (κ3) is 2.26. The maximum absolute atomic E-state index is 8.80. The van der Waals surface area contributed by atoms with E-state index in [0.717, 1.165) is 9.24 Å². The van der Waals surface area contributed by atoms with Gasteiger partial charge in [0.25, 0.3) is 0 Å². The fourth-order valence-electron chi connectivity index (χ4n) is 1.00. The minimum atomic E-state index is 0.490. The number of rotatable bonds is 2. The lowest BCUT2D eigenvalue weighted by molar-refractivity contribution is 1.01. The van der Waals surface area contributed by atoms with Gasteiger partial charge < -0.3 is 5.73 Å². The Hall–Kier alpha value is -1.58. The van der Waals surface area contributed by atoms with Crippen molar-refractivity contribution in [2.75, 3.05) is 5.73 Å². The van der Waals surface area contributed by atoms with E-state index in [1.165, 1.54) is 23.1 Å². The van der Waals surface area contributed by atoms with E-state index in [-0.39, 0.29) is 0 Å². The van der Waals surface area contributed by atoms with E-state index in [0.29, 0.717) is 11.3 Å². The van der Waals surface area contributed by atoms with E-state index >= 15 is 0 Å². The second-order valence-electron chi connectivity index (χ2n) is 2.67. The van der Waals surface area contributed by atoms with Crippen molar-refractivity contribution < 1.29 is 0 Å². The fourth-order valence-corrected chi connectivity index (χ4v) is 2.50. The summed E-state index contributed by atoms with van der Waals surface area (Å²) in [5.74, 6) is 0. The largest absolute Gasteiger partial charge is 0.398 e. The first-order chi connectivity index (χ1) is 7.29. The van der Waals surface area contributed by atoms with Crippen molar-refractivity contribution in [1.82, 2.24) is 10.2 Å². The molecule has 15 heavy (non-hydrogen) atoms. The summed E-state index contributed by atoms with van der Waals surface area (Å²) in [5.41, 5.74) is 8.28. The molecule has 0 unspecified atom stereocenters. The molecule has 2 aromatic rings. The van der Waals surface area contributed by atoms with E-state index in [4.69, 9.17) is 11.0 Å². The molecule has 2 rings (SSSR count). The maximum Gasteiger partial charge on any atom is 0.178 e. The van der Waals surface area contributed by atoms with Gasteiger partial charge in [-0.1, -0.05) is 23.1 Å². The van der Waals surface area contributed by atoms with E-state index in [1.54, 1.807) is 17.6 Å². The van der Waals surface area contributed by atoms with Crippen molar-refractivity contribution in [2.24, 2.45) is 0 Å². The SMILES string of the molecule is N#Cc1cc(Sc2nncs2)ccc1N. The molecule has 0 aliphatic rings. The Morgan fingerprint density at radius 3 is 3.00 bits per heavy atom. The molecular weight excluding hydrogens is 228 g/mol. The molecule has 6 heteroatoms.